The Morgan fingerprint density at radius 2 is 1.62 bits per heavy atom. The zero-order valence-corrected chi connectivity index (χ0v) is 17.0. The zero-order valence-electron chi connectivity index (χ0n) is 17.0. The fraction of sp³-hybridized carbons (Fsp3) is 0.273. The molecule has 2 N–H and O–H groups in total. The molecule has 5 rings (SSSR count). The Bertz CT molecular complexity index is 1200. The van der Waals surface area contributed by atoms with E-state index in [9.17, 15) is 18.4 Å². The highest BCUT2D eigenvalue weighted by Gasteiger charge is 2.35. The number of carbonyl (C=O) groups is 1. The largest absolute Gasteiger partial charge is 0.353 e. The normalized spacial score (nSPS) is 18.3. The fourth-order valence-corrected chi connectivity index (χ4v) is 4.29. The minimum atomic E-state index is -1.05. The molecule has 2 aliphatic rings. The van der Waals surface area contributed by atoms with Crippen LogP contribution in [0.2, 0.25) is 0 Å². The van der Waals surface area contributed by atoms with Gasteiger partial charge in [-0.1, -0.05) is 12.1 Å². The standard InChI is InChI=1S/C22H20F2N6O2/c23-14-4-3-5-15(24)18(14)13-12-17(31)26-20-19(13)21(32)28-22(27-20)30-10-8-29(9-11-30)16-6-1-2-7-25-16/h1-7,13H,8-12H2,(H2,26,27,28,31,32). The van der Waals surface area contributed by atoms with Crippen LogP contribution in [0.3, 0.4) is 0 Å². The second kappa shape index (κ2) is 8.03. The second-order valence-corrected chi connectivity index (χ2v) is 7.75. The van der Waals surface area contributed by atoms with Crippen LogP contribution in [0, 0.1) is 11.6 Å². The molecule has 8 nitrogen and oxygen atoms in total. The number of hydrogen-bond acceptors (Lipinski definition) is 6. The van der Waals surface area contributed by atoms with Gasteiger partial charge in [0.2, 0.25) is 11.9 Å². The van der Waals surface area contributed by atoms with E-state index in [2.05, 4.69) is 25.2 Å². The van der Waals surface area contributed by atoms with Crippen molar-refractivity contribution in [1.29, 1.82) is 0 Å². The molecule has 1 fully saturated rings. The molecule has 32 heavy (non-hydrogen) atoms. The Hall–Kier alpha value is -3.82. The third-order valence-corrected chi connectivity index (χ3v) is 5.84. The summed E-state index contributed by atoms with van der Waals surface area (Å²) in [7, 11) is 0. The van der Waals surface area contributed by atoms with E-state index in [1.807, 2.05) is 23.1 Å². The number of amides is 1. The molecule has 0 aliphatic carbocycles. The lowest BCUT2D eigenvalue weighted by atomic mass is 9.86. The number of benzene rings is 1. The highest BCUT2D eigenvalue weighted by molar-refractivity contribution is 5.94. The van der Waals surface area contributed by atoms with Gasteiger partial charge in [-0.2, -0.15) is 4.98 Å². The number of anilines is 3. The van der Waals surface area contributed by atoms with Crippen molar-refractivity contribution in [3.8, 4) is 0 Å². The van der Waals surface area contributed by atoms with E-state index in [1.54, 1.807) is 6.20 Å². The van der Waals surface area contributed by atoms with Crippen molar-refractivity contribution in [3.63, 3.8) is 0 Å². The van der Waals surface area contributed by atoms with E-state index in [1.165, 1.54) is 6.07 Å². The molecule has 2 aliphatic heterocycles. The van der Waals surface area contributed by atoms with Crippen molar-refractivity contribution in [2.75, 3.05) is 41.3 Å². The summed E-state index contributed by atoms with van der Waals surface area (Å²) in [5, 5.41) is 2.59. The van der Waals surface area contributed by atoms with E-state index in [0.29, 0.717) is 32.1 Å². The van der Waals surface area contributed by atoms with Gasteiger partial charge in [0.1, 0.15) is 23.3 Å². The maximum absolute atomic E-state index is 14.4. The first-order valence-electron chi connectivity index (χ1n) is 10.3. The molecular weight excluding hydrogens is 418 g/mol. The van der Waals surface area contributed by atoms with Crippen LogP contribution in [0.25, 0.3) is 0 Å². The van der Waals surface area contributed by atoms with Gasteiger partial charge in [0.25, 0.3) is 5.56 Å². The van der Waals surface area contributed by atoms with E-state index < -0.39 is 29.0 Å². The maximum Gasteiger partial charge on any atom is 0.258 e. The first-order chi connectivity index (χ1) is 15.5. The van der Waals surface area contributed by atoms with Gasteiger partial charge >= 0.3 is 0 Å². The van der Waals surface area contributed by atoms with Crippen molar-refractivity contribution in [1.82, 2.24) is 15.0 Å². The number of H-pyrrole nitrogens is 1. The summed E-state index contributed by atoms with van der Waals surface area (Å²) in [6, 6.07) is 9.19. The van der Waals surface area contributed by atoms with Crippen molar-refractivity contribution < 1.29 is 13.6 Å². The maximum atomic E-state index is 14.4. The molecule has 0 bridgehead atoms. The van der Waals surface area contributed by atoms with Crippen molar-refractivity contribution in [2.45, 2.75) is 12.3 Å². The van der Waals surface area contributed by atoms with Gasteiger partial charge < -0.3 is 15.1 Å². The van der Waals surface area contributed by atoms with E-state index in [-0.39, 0.29) is 23.4 Å². The van der Waals surface area contributed by atoms with Gasteiger partial charge in [0, 0.05) is 50.3 Å². The lowest BCUT2D eigenvalue weighted by Gasteiger charge is -2.36. The zero-order chi connectivity index (χ0) is 22.2. The number of piperazine rings is 1. The third kappa shape index (κ3) is 3.57. The predicted octanol–water partition coefficient (Wildman–Crippen LogP) is 2.24. The molecule has 10 heteroatoms. The molecule has 1 unspecified atom stereocenters. The number of pyridine rings is 1. The summed E-state index contributed by atoms with van der Waals surface area (Å²) in [4.78, 5) is 40.9. The minimum Gasteiger partial charge on any atom is -0.353 e. The van der Waals surface area contributed by atoms with Crippen LogP contribution in [-0.4, -0.2) is 47.0 Å². The van der Waals surface area contributed by atoms with Crippen LogP contribution >= 0.6 is 0 Å². The fourth-order valence-electron chi connectivity index (χ4n) is 4.29. The third-order valence-electron chi connectivity index (χ3n) is 5.84. The Balaban J connectivity index is 1.45. The van der Waals surface area contributed by atoms with Crippen LogP contribution in [0.15, 0.2) is 47.4 Å². The molecular formula is C22H20F2N6O2. The lowest BCUT2D eigenvalue weighted by Crippen LogP contribution is -2.48. The Labute approximate surface area is 181 Å². The van der Waals surface area contributed by atoms with Crippen LogP contribution in [0.4, 0.5) is 26.4 Å². The molecule has 1 aromatic carbocycles. The number of fused-ring (bicyclic) bond motifs is 1. The number of nitrogens with one attached hydrogen (secondary N) is 2. The highest BCUT2D eigenvalue weighted by atomic mass is 19.1. The van der Waals surface area contributed by atoms with Crippen LogP contribution in [0.5, 0.6) is 0 Å². The number of aromatic amines is 1. The van der Waals surface area contributed by atoms with Gasteiger partial charge in [0.05, 0.1) is 5.56 Å². The van der Waals surface area contributed by atoms with Crippen LogP contribution in [0.1, 0.15) is 23.5 Å². The number of rotatable bonds is 3. The Morgan fingerprint density at radius 3 is 2.31 bits per heavy atom. The number of nitrogens with zero attached hydrogens (tertiary/aromatic N) is 4. The van der Waals surface area contributed by atoms with Crippen LogP contribution in [-0.2, 0) is 4.79 Å². The first kappa shape index (κ1) is 20.1. The van der Waals surface area contributed by atoms with Gasteiger partial charge in [-0.05, 0) is 24.3 Å². The quantitative estimate of drug-likeness (QED) is 0.652. The second-order valence-electron chi connectivity index (χ2n) is 7.75. The SMILES string of the molecule is O=C1CC(c2c(F)cccc2F)c2c(nc(N3CCN(c4ccccn4)CC3)[nH]c2=O)N1. The van der Waals surface area contributed by atoms with Crippen LogP contribution < -0.4 is 20.7 Å². The summed E-state index contributed by atoms with van der Waals surface area (Å²) in [5.74, 6) is -1.87. The average Bonchev–Trinajstić information content (AvgIpc) is 2.79. The molecule has 1 atom stereocenters. The highest BCUT2D eigenvalue weighted by Crippen LogP contribution is 2.36. The van der Waals surface area contributed by atoms with Gasteiger partial charge in [-0.3, -0.25) is 14.6 Å². The summed E-state index contributed by atoms with van der Waals surface area (Å²) in [6.07, 6.45) is 1.50. The van der Waals surface area contributed by atoms with E-state index in [4.69, 9.17) is 0 Å². The Kier molecular flexibility index (Phi) is 5.04. The first-order valence-corrected chi connectivity index (χ1v) is 10.3. The molecule has 0 saturated carbocycles. The minimum absolute atomic E-state index is 0.0415. The lowest BCUT2D eigenvalue weighted by molar-refractivity contribution is -0.116. The monoisotopic (exact) mass is 438 g/mol. The number of hydrogen-bond donors (Lipinski definition) is 2. The van der Waals surface area contributed by atoms with E-state index >= 15 is 0 Å². The molecule has 3 aromatic rings. The molecule has 4 heterocycles. The smallest absolute Gasteiger partial charge is 0.258 e. The number of carbonyl (C=O) groups excluding carboxylic acids is 1. The van der Waals surface area contributed by atoms with Crippen molar-refractivity contribution >= 4 is 23.5 Å². The summed E-state index contributed by atoms with van der Waals surface area (Å²) >= 11 is 0. The average molecular weight is 438 g/mol. The molecule has 0 spiro atoms. The molecule has 1 amide bonds. The summed E-state index contributed by atoms with van der Waals surface area (Å²) in [5.41, 5.74) is -0.762. The number of halogens is 2. The van der Waals surface area contributed by atoms with Gasteiger partial charge in [-0.15, -0.1) is 0 Å². The van der Waals surface area contributed by atoms with E-state index in [0.717, 1.165) is 18.0 Å². The Morgan fingerprint density at radius 1 is 0.906 bits per heavy atom. The topological polar surface area (TPSA) is 94.2 Å². The van der Waals surface area contributed by atoms with Gasteiger partial charge in [0.15, 0.2) is 0 Å². The number of aromatic nitrogens is 3. The molecule has 164 valence electrons. The molecule has 1 saturated heterocycles. The van der Waals surface area contributed by atoms with Gasteiger partial charge in [-0.25, -0.2) is 13.8 Å². The summed E-state index contributed by atoms with van der Waals surface area (Å²) in [6.45, 7) is 2.51. The summed E-state index contributed by atoms with van der Waals surface area (Å²) < 4.78 is 28.8. The molecule has 0 radical (unpaired) electrons. The van der Waals surface area contributed by atoms with Crippen molar-refractivity contribution in [3.05, 3.63) is 75.7 Å². The predicted molar refractivity (Wildman–Crippen MR) is 115 cm³/mol. The molecule has 2 aromatic heterocycles. The van der Waals surface area contributed by atoms with Crippen molar-refractivity contribution in [2.24, 2.45) is 0 Å².